The molecule has 0 amide bonds. The Labute approximate surface area is 114 Å². The lowest BCUT2D eigenvalue weighted by atomic mass is 9.82. The highest BCUT2D eigenvalue weighted by Gasteiger charge is 2.38. The Bertz CT molecular complexity index is 511. The summed E-state index contributed by atoms with van der Waals surface area (Å²) in [6.45, 7) is 2.19. The monoisotopic (exact) mass is 253 g/mol. The van der Waals surface area contributed by atoms with Gasteiger partial charge in [-0.1, -0.05) is 60.7 Å². The molecule has 2 aromatic rings. The first kappa shape index (κ1) is 12.4. The molecular formula is C17H19NO. The van der Waals surface area contributed by atoms with Crippen molar-refractivity contribution in [2.24, 2.45) is 0 Å². The van der Waals surface area contributed by atoms with Crippen LogP contribution in [0.25, 0.3) is 0 Å². The van der Waals surface area contributed by atoms with Crippen LogP contribution in [0, 0.1) is 0 Å². The van der Waals surface area contributed by atoms with E-state index in [0.717, 1.165) is 13.1 Å². The first-order chi connectivity index (χ1) is 9.38. The molecule has 1 fully saturated rings. The summed E-state index contributed by atoms with van der Waals surface area (Å²) in [6.07, 6.45) is 0. The molecule has 0 bridgehead atoms. The molecule has 0 radical (unpaired) electrons. The molecule has 1 saturated heterocycles. The van der Waals surface area contributed by atoms with Crippen LogP contribution in [-0.4, -0.2) is 29.2 Å². The third-order valence-electron chi connectivity index (χ3n) is 4.01. The molecule has 0 saturated carbocycles. The van der Waals surface area contributed by atoms with Crippen molar-refractivity contribution in [3.63, 3.8) is 0 Å². The van der Waals surface area contributed by atoms with Crippen molar-refractivity contribution >= 4 is 0 Å². The summed E-state index contributed by atoms with van der Waals surface area (Å²) < 4.78 is 0. The maximum Gasteiger partial charge on any atom is 0.0593 e. The van der Waals surface area contributed by atoms with Crippen molar-refractivity contribution < 1.29 is 5.11 Å². The maximum absolute atomic E-state index is 9.62. The Balaban J connectivity index is 1.68. The Kier molecular flexibility index (Phi) is 3.62. The molecule has 1 heterocycles. The molecule has 2 aromatic carbocycles. The maximum atomic E-state index is 9.62. The van der Waals surface area contributed by atoms with E-state index in [-0.39, 0.29) is 12.6 Å². The zero-order chi connectivity index (χ0) is 13.1. The zero-order valence-electron chi connectivity index (χ0n) is 10.9. The first-order valence-electron chi connectivity index (χ1n) is 6.82. The standard InChI is InChI=1S/C17H19NO/c19-13-17-16(15-9-5-2-6-10-15)12-18(17)11-14-7-3-1-4-8-14/h1-10,16-17,19H,11-13H2/t16-,17-/m0/s1. The van der Waals surface area contributed by atoms with Gasteiger partial charge >= 0.3 is 0 Å². The van der Waals surface area contributed by atoms with Gasteiger partial charge in [-0.2, -0.15) is 0 Å². The highest BCUT2D eigenvalue weighted by molar-refractivity contribution is 5.26. The smallest absolute Gasteiger partial charge is 0.0593 e. The first-order valence-corrected chi connectivity index (χ1v) is 6.82. The van der Waals surface area contributed by atoms with Crippen LogP contribution in [0.2, 0.25) is 0 Å². The van der Waals surface area contributed by atoms with Crippen molar-refractivity contribution in [1.29, 1.82) is 0 Å². The van der Waals surface area contributed by atoms with Crippen molar-refractivity contribution in [3.8, 4) is 0 Å². The second-order valence-corrected chi connectivity index (χ2v) is 5.18. The molecule has 2 nitrogen and oxygen atoms in total. The average molecular weight is 253 g/mol. The third kappa shape index (κ3) is 2.55. The summed E-state index contributed by atoms with van der Waals surface area (Å²) >= 11 is 0. The van der Waals surface area contributed by atoms with Gasteiger partial charge in [0, 0.05) is 25.0 Å². The van der Waals surface area contributed by atoms with Crippen molar-refractivity contribution in [2.45, 2.75) is 18.5 Å². The molecule has 2 atom stereocenters. The van der Waals surface area contributed by atoms with Gasteiger partial charge in [-0.05, 0) is 11.1 Å². The van der Waals surface area contributed by atoms with Gasteiger partial charge in [-0.3, -0.25) is 4.90 Å². The third-order valence-corrected chi connectivity index (χ3v) is 4.01. The van der Waals surface area contributed by atoms with Gasteiger partial charge in [0.1, 0.15) is 0 Å². The predicted molar refractivity (Wildman–Crippen MR) is 76.9 cm³/mol. The van der Waals surface area contributed by atoms with Crippen LogP contribution >= 0.6 is 0 Å². The van der Waals surface area contributed by atoms with Crippen molar-refractivity contribution in [2.75, 3.05) is 13.2 Å². The van der Waals surface area contributed by atoms with Crippen LogP contribution in [0.1, 0.15) is 17.0 Å². The Morgan fingerprint density at radius 3 is 2.21 bits per heavy atom. The molecular weight excluding hydrogens is 234 g/mol. The minimum absolute atomic E-state index is 0.229. The average Bonchev–Trinajstić information content (AvgIpc) is 2.45. The van der Waals surface area contributed by atoms with Crippen molar-refractivity contribution in [3.05, 3.63) is 71.8 Å². The van der Waals surface area contributed by atoms with Crippen LogP contribution in [0.3, 0.4) is 0 Å². The number of aliphatic hydroxyl groups excluding tert-OH is 1. The van der Waals surface area contributed by atoms with Gasteiger partial charge in [0.2, 0.25) is 0 Å². The lowest BCUT2D eigenvalue weighted by Crippen LogP contribution is -2.55. The Morgan fingerprint density at radius 1 is 0.947 bits per heavy atom. The van der Waals surface area contributed by atoms with Crippen LogP contribution < -0.4 is 0 Å². The summed E-state index contributed by atoms with van der Waals surface area (Å²) in [5, 5.41) is 9.62. The van der Waals surface area contributed by atoms with Gasteiger partial charge in [0.05, 0.1) is 6.61 Å². The predicted octanol–water partition coefficient (Wildman–Crippen LogP) is 2.65. The van der Waals surface area contributed by atoms with E-state index >= 15 is 0 Å². The molecule has 0 unspecified atom stereocenters. The van der Waals surface area contributed by atoms with Gasteiger partial charge in [0.15, 0.2) is 0 Å². The molecule has 2 heteroatoms. The summed E-state index contributed by atoms with van der Waals surface area (Å²) in [5.74, 6) is 0.468. The fraction of sp³-hybridized carbons (Fsp3) is 0.294. The van der Waals surface area contributed by atoms with E-state index in [2.05, 4.69) is 53.4 Å². The summed E-state index contributed by atoms with van der Waals surface area (Å²) in [7, 11) is 0. The van der Waals surface area contributed by atoms with E-state index < -0.39 is 0 Å². The molecule has 0 aliphatic carbocycles. The second-order valence-electron chi connectivity index (χ2n) is 5.18. The van der Waals surface area contributed by atoms with E-state index in [4.69, 9.17) is 0 Å². The molecule has 1 aliphatic rings. The number of rotatable bonds is 4. The van der Waals surface area contributed by atoms with Gasteiger partial charge in [0.25, 0.3) is 0 Å². The minimum atomic E-state index is 0.229. The normalized spacial score (nSPS) is 23.0. The topological polar surface area (TPSA) is 23.5 Å². The lowest BCUT2D eigenvalue weighted by Gasteiger charge is -2.47. The van der Waals surface area contributed by atoms with E-state index in [1.807, 2.05) is 12.1 Å². The molecule has 0 spiro atoms. The van der Waals surface area contributed by atoms with Crippen molar-refractivity contribution in [1.82, 2.24) is 4.90 Å². The van der Waals surface area contributed by atoms with Crippen LogP contribution in [0.15, 0.2) is 60.7 Å². The molecule has 0 aromatic heterocycles. The number of likely N-dealkylation sites (tertiary alicyclic amines) is 1. The van der Waals surface area contributed by atoms with Gasteiger partial charge in [-0.25, -0.2) is 0 Å². The number of hydrogen-bond acceptors (Lipinski definition) is 2. The summed E-state index contributed by atoms with van der Waals surface area (Å²) in [4.78, 5) is 2.35. The van der Waals surface area contributed by atoms with E-state index in [0.29, 0.717) is 5.92 Å². The fourth-order valence-corrected chi connectivity index (χ4v) is 2.90. The quantitative estimate of drug-likeness (QED) is 0.905. The van der Waals surface area contributed by atoms with Gasteiger partial charge < -0.3 is 5.11 Å². The highest BCUT2D eigenvalue weighted by Crippen LogP contribution is 2.34. The molecule has 19 heavy (non-hydrogen) atoms. The Hall–Kier alpha value is -1.64. The second kappa shape index (κ2) is 5.55. The number of nitrogens with zero attached hydrogens (tertiary/aromatic N) is 1. The molecule has 1 N–H and O–H groups in total. The SMILES string of the molecule is OC[C@H]1[C@H](c2ccccc2)CN1Cc1ccccc1. The lowest BCUT2D eigenvalue weighted by molar-refractivity contribution is 0.0104. The number of hydrogen-bond donors (Lipinski definition) is 1. The van der Waals surface area contributed by atoms with Crippen LogP contribution in [0.5, 0.6) is 0 Å². The number of aliphatic hydroxyl groups is 1. The Morgan fingerprint density at radius 2 is 1.58 bits per heavy atom. The largest absolute Gasteiger partial charge is 0.395 e. The fourth-order valence-electron chi connectivity index (χ4n) is 2.90. The zero-order valence-corrected chi connectivity index (χ0v) is 10.9. The van der Waals surface area contributed by atoms with Gasteiger partial charge in [-0.15, -0.1) is 0 Å². The summed E-state index contributed by atoms with van der Waals surface area (Å²) in [6, 6.07) is 21.2. The summed E-state index contributed by atoms with van der Waals surface area (Å²) in [5.41, 5.74) is 2.65. The van der Waals surface area contributed by atoms with E-state index in [1.165, 1.54) is 11.1 Å². The molecule has 98 valence electrons. The molecule has 3 rings (SSSR count). The van der Waals surface area contributed by atoms with E-state index in [1.54, 1.807) is 0 Å². The molecule has 1 aliphatic heterocycles. The minimum Gasteiger partial charge on any atom is -0.395 e. The van der Waals surface area contributed by atoms with Crippen LogP contribution in [-0.2, 0) is 6.54 Å². The van der Waals surface area contributed by atoms with Crippen LogP contribution in [0.4, 0.5) is 0 Å². The highest BCUT2D eigenvalue weighted by atomic mass is 16.3. The van der Waals surface area contributed by atoms with E-state index in [9.17, 15) is 5.11 Å². The number of benzene rings is 2.